The molecule has 0 saturated carbocycles. The van der Waals surface area contributed by atoms with Crippen molar-refractivity contribution in [3.63, 3.8) is 0 Å². The zero-order valence-electron chi connectivity index (χ0n) is 8.41. The van der Waals surface area contributed by atoms with Crippen LogP contribution in [0.1, 0.15) is 10.6 Å². The summed E-state index contributed by atoms with van der Waals surface area (Å²) in [6.07, 6.45) is 0. The second-order valence-corrected chi connectivity index (χ2v) is 4.41. The van der Waals surface area contributed by atoms with Crippen molar-refractivity contribution < 1.29 is 14.3 Å². The summed E-state index contributed by atoms with van der Waals surface area (Å²) in [5, 5.41) is 12.0. The number of halogens is 2. The third-order valence-electron chi connectivity index (χ3n) is 2.00. The molecule has 2 N–H and O–H groups in total. The van der Waals surface area contributed by atoms with Crippen molar-refractivity contribution in [2.75, 3.05) is 5.32 Å². The van der Waals surface area contributed by atoms with Gasteiger partial charge in [-0.1, -0.05) is 11.6 Å². The lowest BCUT2D eigenvalue weighted by Gasteiger charge is -2.04. The number of nitrogens with one attached hydrogen (secondary N) is 1. The molecule has 0 spiro atoms. The van der Waals surface area contributed by atoms with Crippen LogP contribution >= 0.6 is 27.5 Å². The summed E-state index contributed by atoms with van der Waals surface area (Å²) in [6, 6.07) is 7.56. The second-order valence-electron chi connectivity index (χ2n) is 3.22. The Morgan fingerprint density at radius 1 is 1.35 bits per heavy atom. The van der Waals surface area contributed by atoms with E-state index in [-0.39, 0.29) is 16.5 Å². The first-order valence-corrected chi connectivity index (χ1v) is 5.78. The SMILES string of the molecule is O=C(Nc1ccc(O)c(Cl)c1)c1ccc(Br)o1. The summed E-state index contributed by atoms with van der Waals surface area (Å²) in [5.41, 5.74) is 0.477. The first kappa shape index (κ1) is 12.0. The number of anilines is 1. The third-order valence-corrected chi connectivity index (χ3v) is 2.73. The number of furan rings is 1. The maximum Gasteiger partial charge on any atom is 0.291 e. The molecule has 2 rings (SSSR count). The van der Waals surface area contributed by atoms with E-state index in [2.05, 4.69) is 21.2 Å². The van der Waals surface area contributed by atoms with Gasteiger partial charge in [-0.05, 0) is 46.3 Å². The molecular formula is C11H7BrClNO3. The Morgan fingerprint density at radius 3 is 2.71 bits per heavy atom. The number of aromatic hydroxyl groups is 1. The molecule has 1 aromatic carbocycles. The van der Waals surface area contributed by atoms with Crippen molar-refractivity contribution in [1.29, 1.82) is 0 Å². The molecule has 6 heteroatoms. The number of benzene rings is 1. The molecule has 0 saturated heterocycles. The molecular weight excluding hydrogens is 309 g/mol. The Balaban J connectivity index is 2.15. The van der Waals surface area contributed by atoms with Gasteiger partial charge in [-0.3, -0.25) is 4.79 Å². The zero-order chi connectivity index (χ0) is 12.4. The Morgan fingerprint density at radius 2 is 2.12 bits per heavy atom. The Hall–Kier alpha value is -1.46. The molecule has 0 aliphatic heterocycles. The zero-order valence-corrected chi connectivity index (χ0v) is 10.7. The van der Waals surface area contributed by atoms with Gasteiger partial charge in [-0.2, -0.15) is 0 Å². The Bertz CT molecular complexity index is 568. The standard InChI is InChI=1S/C11H7BrClNO3/c12-10-4-3-9(17-10)11(16)14-6-1-2-8(15)7(13)5-6/h1-5,15H,(H,14,16). The minimum absolute atomic E-state index is 0.0367. The van der Waals surface area contributed by atoms with E-state index >= 15 is 0 Å². The molecule has 0 atom stereocenters. The van der Waals surface area contributed by atoms with Crippen molar-refractivity contribution in [2.45, 2.75) is 0 Å². The quantitative estimate of drug-likeness (QED) is 0.831. The lowest BCUT2D eigenvalue weighted by molar-refractivity contribution is 0.0995. The predicted molar refractivity (Wildman–Crippen MR) is 67.5 cm³/mol. The van der Waals surface area contributed by atoms with E-state index in [9.17, 15) is 9.90 Å². The van der Waals surface area contributed by atoms with Crippen molar-refractivity contribution in [3.8, 4) is 5.75 Å². The van der Waals surface area contributed by atoms with Gasteiger partial charge >= 0.3 is 0 Å². The van der Waals surface area contributed by atoms with Crippen LogP contribution in [0.2, 0.25) is 5.02 Å². The highest BCUT2D eigenvalue weighted by atomic mass is 79.9. The van der Waals surface area contributed by atoms with Crippen molar-refractivity contribution in [3.05, 3.63) is 45.8 Å². The molecule has 2 aromatic rings. The second kappa shape index (κ2) is 4.81. The van der Waals surface area contributed by atoms with Crippen LogP contribution in [0.25, 0.3) is 0 Å². The average Bonchev–Trinajstić information content (AvgIpc) is 2.70. The molecule has 0 aliphatic carbocycles. The molecule has 0 bridgehead atoms. The summed E-state index contributed by atoms with van der Waals surface area (Å²) >= 11 is 8.82. The van der Waals surface area contributed by atoms with Crippen LogP contribution in [0, 0.1) is 0 Å². The van der Waals surface area contributed by atoms with Crippen LogP contribution in [0.5, 0.6) is 5.75 Å². The number of phenols is 1. The maximum atomic E-state index is 11.7. The molecule has 1 heterocycles. The van der Waals surface area contributed by atoms with Crippen LogP contribution < -0.4 is 5.32 Å². The fourth-order valence-electron chi connectivity index (χ4n) is 1.21. The first-order chi connectivity index (χ1) is 8.06. The minimum atomic E-state index is -0.391. The fraction of sp³-hybridized carbons (Fsp3) is 0. The molecule has 0 aliphatic rings. The Labute approximate surface area is 110 Å². The summed E-state index contributed by atoms with van der Waals surface area (Å²) in [6.45, 7) is 0. The topological polar surface area (TPSA) is 62.5 Å². The summed E-state index contributed by atoms with van der Waals surface area (Å²) in [5.74, 6) is -0.246. The highest BCUT2D eigenvalue weighted by Gasteiger charge is 2.11. The van der Waals surface area contributed by atoms with Crippen LogP contribution in [0.3, 0.4) is 0 Å². The fourth-order valence-corrected chi connectivity index (χ4v) is 1.70. The van der Waals surface area contributed by atoms with Gasteiger partial charge in [0.15, 0.2) is 10.4 Å². The van der Waals surface area contributed by atoms with E-state index in [1.807, 2.05) is 0 Å². The molecule has 4 nitrogen and oxygen atoms in total. The van der Waals surface area contributed by atoms with Crippen LogP contribution in [0.4, 0.5) is 5.69 Å². The van der Waals surface area contributed by atoms with E-state index in [1.54, 1.807) is 12.1 Å². The summed E-state index contributed by atoms with van der Waals surface area (Å²) in [7, 11) is 0. The van der Waals surface area contributed by atoms with Crippen LogP contribution in [-0.4, -0.2) is 11.0 Å². The normalized spacial score (nSPS) is 10.2. The number of hydrogen-bond acceptors (Lipinski definition) is 3. The van der Waals surface area contributed by atoms with Gasteiger partial charge in [0.2, 0.25) is 0 Å². The molecule has 88 valence electrons. The monoisotopic (exact) mass is 315 g/mol. The number of carbonyl (C=O) groups is 1. The van der Waals surface area contributed by atoms with Gasteiger partial charge < -0.3 is 14.8 Å². The minimum Gasteiger partial charge on any atom is -0.506 e. The number of phenolic OH excluding ortho intramolecular Hbond substituents is 1. The average molecular weight is 317 g/mol. The third kappa shape index (κ3) is 2.81. The lowest BCUT2D eigenvalue weighted by Crippen LogP contribution is -2.10. The van der Waals surface area contributed by atoms with Gasteiger partial charge in [0.05, 0.1) is 5.02 Å². The van der Waals surface area contributed by atoms with Crippen molar-refractivity contribution >= 4 is 39.1 Å². The molecule has 1 aromatic heterocycles. The number of carbonyl (C=O) groups excluding carboxylic acids is 1. The van der Waals surface area contributed by atoms with Crippen molar-refractivity contribution in [1.82, 2.24) is 0 Å². The highest BCUT2D eigenvalue weighted by molar-refractivity contribution is 9.10. The van der Waals surface area contributed by atoms with Gasteiger partial charge in [-0.15, -0.1) is 0 Å². The van der Waals surface area contributed by atoms with Crippen molar-refractivity contribution in [2.24, 2.45) is 0 Å². The van der Waals surface area contributed by atoms with E-state index in [0.29, 0.717) is 10.4 Å². The van der Waals surface area contributed by atoms with Crippen LogP contribution in [0.15, 0.2) is 39.4 Å². The first-order valence-electron chi connectivity index (χ1n) is 4.61. The molecule has 0 fully saturated rings. The smallest absolute Gasteiger partial charge is 0.291 e. The van der Waals surface area contributed by atoms with Crippen LogP contribution in [-0.2, 0) is 0 Å². The summed E-state index contributed by atoms with van der Waals surface area (Å²) in [4.78, 5) is 11.7. The van der Waals surface area contributed by atoms with Gasteiger partial charge in [0.1, 0.15) is 5.75 Å². The number of hydrogen-bond donors (Lipinski definition) is 2. The van der Waals surface area contributed by atoms with E-state index < -0.39 is 5.91 Å². The lowest BCUT2D eigenvalue weighted by atomic mass is 10.3. The van der Waals surface area contributed by atoms with Gasteiger partial charge in [0, 0.05) is 5.69 Å². The van der Waals surface area contributed by atoms with E-state index in [1.165, 1.54) is 18.2 Å². The van der Waals surface area contributed by atoms with E-state index in [4.69, 9.17) is 16.0 Å². The molecule has 0 unspecified atom stereocenters. The molecule has 1 amide bonds. The highest BCUT2D eigenvalue weighted by Crippen LogP contribution is 2.26. The summed E-state index contributed by atoms with van der Waals surface area (Å²) < 4.78 is 5.57. The van der Waals surface area contributed by atoms with Gasteiger partial charge in [-0.25, -0.2) is 0 Å². The molecule has 0 radical (unpaired) electrons. The maximum absolute atomic E-state index is 11.7. The largest absolute Gasteiger partial charge is 0.506 e. The molecule has 17 heavy (non-hydrogen) atoms. The number of amides is 1. The van der Waals surface area contributed by atoms with Gasteiger partial charge in [0.25, 0.3) is 5.91 Å². The Kier molecular flexibility index (Phi) is 3.40. The predicted octanol–water partition coefficient (Wildman–Crippen LogP) is 3.65. The number of rotatable bonds is 2. The van der Waals surface area contributed by atoms with E-state index in [0.717, 1.165) is 0 Å².